The standard InChI is InChI=1S/C19H20N2O/c1-12-5-7-15-16-8-6-13(2)18(19(16)22-17(15)11-12)21-10-9-20(4)14(21)3/h5-11,14H,1-4H3/t14-/m0/s1/i4D3. The van der Waals surface area contributed by atoms with E-state index in [1.807, 2.05) is 37.9 Å². The van der Waals surface area contributed by atoms with Gasteiger partial charge < -0.3 is 14.2 Å². The van der Waals surface area contributed by atoms with E-state index in [1.165, 1.54) is 4.90 Å². The molecule has 0 saturated heterocycles. The summed E-state index contributed by atoms with van der Waals surface area (Å²) < 4.78 is 29.3. The number of hydrogen-bond donors (Lipinski definition) is 0. The molecule has 0 radical (unpaired) electrons. The molecule has 0 aliphatic carbocycles. The van der Waals surface area contributed by atoms with Gasteiger partial charge in [0.2, 0.25) is 0 Å². The summed E-state index contributed by atoms with van der Waals surface area (Å²) in [6.45, 7) is 3.78. The Bertz CT molecular complexity index is 1000. The molecule has 0 spiro atoms. The molecule has 1 aliphatic rings. The highest BCUT2D eigenvalue weighted by atomic mass is 16.3. The quantitative estimate of drug-likeness (QED) is 0.644. The molecule has 4 rings (SSSR count). The van der Waals surface area contributed by atoms with E-state index >= 15 is 0 Å². The van der Waals surface area contributed by atoms with E-state index in [4.69, 9.17) is 8.53 Å². The number of benzene rings is 2. The van der Waals surface area contributed by atoms with E-state index in [-0.39, 0.29) is 6.17 Å². The molecule has 22 heavy (non-hydrogen) atoms. The third-order valence-corrected chi connectivity index (χ3v) is 4.42. The molecule has 3 heteroatoms. The summed E-state index contributed by atoms with van der Waals surface area (Å²) in [5.41, 5.74) is 4.76. The van der Waals surface area contributed by atoms with E-state index in [0.717, 1.165) is 38.8 Å². The number of fused-ring (bicyclic) bond motifs is 3. The molecule has 1 aliphatic heterocycles. The Labute approximate surface area is 134 Å². The summed E-state index contributed by atoms with van der Waals surface area (Å²) in [4.78, 5) is 3.36. The summed E-state index contributed by atoms with van der Waals surface area (Å²) in [5.74, 6) is 0. The van der Waals surface area contributed by atoms with Crippen molar-refractivity contribution in [3.8, 4) is 0 Å². The maximum absolute atomic E-state index is 7.70. The van der Waals surface area contributed by atoms with E-state index in [1.54, 1.807) is 6.20 Å². The Morgan fingerprint density at radius 3 is 2.68 bits per heavy atom. The molecule has 112 valence electrons. The minimum atomic E-state index is -2.17. The molecule has 0 unspecified atom stereocenters. The summed E-state index contributed by atoms with van der Waals surface area (Å²) in [7, 11) is 0. The fraction of sp³-hybridized carbons (Fsp3) is 0.263. The van der Waals surface area contributed by atoms with Gasteiger partial charge in [-0.15, -0.1) is 0 Å². The highest BCUT2D eigenvalue weighted by molar-refractivity contribution is 6.09. The first kappa shape index (κ1) is 10.3. The normalized spacial score (nSPS) is 20.7. The maximum Gasteiger partial charge on any atom is 0.159 e. The monoisotopic (exact) mass is 295 g/mol. The Morgan fingerprint density at radius 2 is 1.91 bits per heavy atom. The van der Waals surface area contributed by atoms with Crippen LogP contribution >= 0.6 is 0 Å². The Balaban J connectivity index is 1.92. The third kappa shape index (κ3) is 1.75. The van der Waals surface area contributed by atoms with Crippen molar-refractivity contribution in [1.29, 1.82) is 0 Å². The number of anilines is 1. The molecular weight excluding hydrogens is 272 g/mol. The first-order valence-electron chi connectivity index (χ1n) is 8.95. The van der Waals surface area contributed by atoms with Gasteiger partial charge in [-0.3, -0.25) is 0 Å². The van der Waals surface area contributed by atoms with Crippen LogP contribution < -0.4 is 4.90 Å². The molecule has 3 nitrogen and oxygen atoms in total. The topological polar surface area (TPSA) is 19.6 Å². The van der Waals surface area contributed by atoms with Crippen LogP contribution in [0.5, 0.6) is 0 Å². The lowest BCUT2D eigenvalue weighted by Gasteiger charge is -2.28. The second-order valence-electron chi connectivity index (χ2n) is 5.95. The van der Waals surface area contributed by atoms with Crippen LogP contribution in [-0.2, 0) is 0 Å². The lowest BCUT2D eigenvalue weighted by Crippen LogP contribution is -2.33. The van der Waals surface area contributed by atoms with Crippen molar-refractivity contribution in [2.45, 2.75) is 26.9 Å². The molecule has 3 aromatic rings. The maximum atomic E-state index is 7.70. The molecule has 1 atom stereocenters. The molecular formula is C19H20N2O. The molecule has 0 bridgehead atoms. The second kappa shape index (κ2) is 4.54. The summed E-state index contributed by atoms with van der Waals surface area (Å²) in [6, 6.07) is 10.3. The molecule has 1 aromatic heterocycles. The zero-order valence-corrected chi connectivity index (χ0v) is 12.9. The fourth-order valence-electron chi connectivity index (χ4n) is 3.14. The Kier molecular flexibility index (Phi) is 2.13. The highest BCUT2D eigenvalue weighted by Crippen LogP contribution is 2.39. The molecule has 2 aromatic carbocycles. The number of furan rings is 1. The van der Waals surface area contributed by atoms with Crippen molar-refractivity contribution >= 4 is 27.6 Å². The largest absolute Gasteiger partial charge is 0.454 e. The van der Waals surface area contributed by atoms with Crippen molar-refractivity contribution in [1.82, 2.24) is 4.90 Å². The van der Waals surface area contributed by atoms with Crippen molar-refractivity contribution in [2.75, 3.05) is 11.9 Å². The predicted octanol–water partition coefficient (Wildman–Crippen LogP) is 4.77. The van der Waals surface area contributed by atoms with Gasteiger partial charge in [-0.25, -0.2) is 0 Å². The number of hydrogen-bond acceptors (Lipinski definition) is 3. The molecule has 0 amide bonds. The van der Waals surface area contributed by atoms with Gasteiger partial charge in [0.1, 0.15) is 11.7 Å². The minimum Gasteiger partial charge on any atom is -0.454 e. The zero-order chi connectivity index (χ0) is 17.9. The van der Waals surface area contributed by atoms with Crippen molar-refractivity contribution in [3.63, 3.8) is 0 Å². The van der Waals surface area contributed by atoms with Gasteiger partial charge in [-0.2, -0.15) is 0 Å². The smallest absolute Gasteiger partial charge is 0.159 e. The third-order valence-electron chi connectivity index (χ3n) is 4.42. The summed E-state index contributed by atoms with van der Waals surface area (Å²) >= 11 is 0. The van der Waals surface area contributed by atoms with Gasteiger partial charge in [0.15, 0.2) is 5.58 Å². The van der Waals surface area contributed by atoms with Crippen LogP contribution in [0.4, 0.5) is 5.69 Å². The highest BCUT2D eigenvalue weighted by Gasteiger charge is 2.25. The van der Waals surface area contributed by atoms with E-state index in [2.05, 4.69) is 24.3 Å². The molecule has 0 N–H and O–H groups in total. The van der Waals surface area contributed by atoms with Crippen molar-refractivity contribution in [3.05, 3.63) is 53.9 Å². The van der Waals surface area contributed by atoms with Crippen molar-refractivity contribution in [2.24, 2.45) is 0 Å². The first-order valence-corrected chi connectivity index (χ1v) is 7.45. The Hall–Kier alpha value is -2.42. The number of aryl methyl sites for hydroxylation is 2. The summed E-state index contributed by atoms with van der Waals surface area (Å²) in [6.07, 6.45) is 3.13. The summed E-state index contributed by atoms with van der Waals surface area (Å²) in [5, 5.41) is 2.12. The van der Waals surface area contributed by atoms with Crippen LogP contribution in [-0.4, -0.2) is 18.0 Å². The predicted molar refractivity (Wildman–Crippen MR) is 92.0 cm³/mol. The number of rotatable bonds is 1. The molecule has 0 fully saturated rings. The van der Waals surface area contributed by atoms with Crippen LogP contribution in [0.1, 0.15) is 22.2 Å². The van der Waals surface area contributed by atoms with Crippen LogP contribution in [0.25, 0.3) is 21.9 Å². The van der Waals surface area contributed by atoms with E-state index in [0.29, 0.717) is 0 Å². The lowest BCUT2D eigenvalue weighted by molar-refractivity contribution is 0.383. The average Bonchev–Trinajstić information content (AvgIpc) is 3.07. The van der Waals surface area contributed by atoms with Crippen LogP contribution in [0.3, 0.4) is 0 Å². The van der Waals surface area contributed by atoms with Crippen LogP contribution in [0, 0.1) is 13.8 Å². The Morgan fingerprint density at radius 1 is 1.09 bits per heavy atom. The van der Waals surface area contributed by atoms with Gasteiger partial charge in [-0.1, -0.05) is 24.3 Å². The average molecular weight is 295 g/mol. The minimum absolute atomic E-state index is 0.313. The van der Waals surface area contributed by atoms with Crippen molar-refractivity contribution < 1.29 is 8.53 Å². The van der Waals surface area contributed by atoms with Gasteiger partial charge in [-0.05, 0) is 38.0 Å². The van der Waals surface area contributed by atoms with Gasteiger partial charge >= 0.3 is 0 Å². The first-order chi connectivity index (χ1) is 11.8. The lowest BCUT2D eigenvalue weighted by atomic mass is 10.1. The van der Waals surface area contributed by atoms with Gasteiger partial charge in [0, 0.05) is 34.3 Å². The van der Waals surface area contributed by atoms with Crippen LogP contribution in [0.2, 0.25) is 0 Å². The fourth-order valence-corrected chi connectivity index (χ4v) is 3.14. The van der Waals surface area contributed by atoms with Crippen LogP contribution in [0.15, 0.2) is 47.1 Å². The zero-order valence-electron chi connectivity index (χ0n) is 15.9. The van der Waals surface area contributed by atoms with Gasteiger partial charge in [0.05, 0.1) is 5.69 Å². The van der Waals surface area contributed by atoms with Gasteiger partial charge in [0.25, 0.3) is 0 Å². The molecule has 2 heterocycles. The van der Waals surface area contributed by atoms with E-state index in [9.17, 15) is 0 Å². The SMILES string of the molecule is [2H]C([2H])([2H])N1C=CN(c2c(C)ccc3c2oc2cc(C)ccc23)[C@H]1C. The molecule has 0 saturated carbocycles. The second-order valence-corrected chi connectivity index (χ2v) is 5.95. The van der Waals surface area contributed by atoms with E-state index < -0.39 is 6.98 Å². The number of nitrogens with zero attached hydrogens (tertiary/aromatic N) is 2.